The number of fused-ring (bicyclic) bond motifs is 4. The van der Waals surface area contributed by atoms with Gasteiger partial charge in [-0.25, -0.2) is 0 Å². The summed E-state index contributed by atoms with van der Waals surface area (Å²) in [6.07, 6.45) is 11.7. The summed E-state index contributed by atoms with van der Waals surface area (Å²) in [6.45, 7) is 8.47. The molecule has 1 radical (unpaired) electrons. The van der Waals surface area contributed by atoms with E-state index in [-0.39, 0.29) is 41.9 Å². The molecule has 1 aromatic heterocycles. The summed E-state index contributed by atoms with van der Waals surface area (Å²) in [7, 11) is 0. The van der Waals surface area contributed by atoms with E-state index in [1.807, 2.05) is 11.8 Å². The van der Waals surface area contributed by atoms with Crippen molar-refractivity contribution < 1.29 is 41.9 Å². The van der Waals surface area contributed by atoms with Crippen molar-refractivity contribution in [2.75, 3.05) is 13.1 Å². The van der Waals surface area contributed by atoms with E-state index in [0.717, 1.165) is 26.2 Å². The van der Waals surface area contributed by atoms with Crippen molar-refractivity contribution in [3.8, 4) is 0 Å². The van der Waals surface area contributed by atoms with E-state index in [2.05, 4.69) is 47.2 Å². The average molecular weight is 572 g/mol. The molecule has 2 aliphatic carbocycles. The molecule has 0 aromatic carbocycles. The van der Waals surface area contributed by atoms with Crippen molar-refractivity contribution in [3.05, 3.63) is 23.5 Å². The Kier molecular flexibility index (Phi) is 16.3. The number of nitrogens with one attached hydrogen (secondary N) is 4. The van der Waals surface area contributed by atoms with Crippen LogP contribution in [0.4, 0.5) is 0 Å². The van der Waals surface area contributed by atoms with Crippen molar-refractivity contribution >= 4 is 11.8 Å². The van der Waals surface area contributed by atoms with Crippen molar-refractivity contribution in [2.45, 2.75) is 119 Å². The van der Waals surface area contributed by atoms with E-state index in [0.29, 0.717) is 29.4 Å². The van der Waals surface area contributed by atoms with Gasteiger partial charge in [0.2, 0.25) is 0 Å². The molecule has 2 fully saturated rings. The minimum atomic E-state index is 0. The van der Waals surface area contributed by atoms with Crippen molar-refractivity contribution in [1.29, 1.82) is 0 Å². The van der Waals surface area contributed by atoms with Crippen molar-refractivity contribution in [3.63, 3.8) is 0 Å². The molecule has 9 heteroatoms. The second-order valence-electron chi connectivity index (χ2n) is 9.79. The van der Waals surface area contributed by atoms with Gasteiger partial charge in [0.25, 0.3) is 0 Å². The second kappa shape index (κ2) is 17.0. The summed E-state index contributed by atoms with van der Waals surface area (Å²) in [5.41, 5.74) is 2.39. The molecule has 1 aromatic rings. The first-order valence-electron chi connectivity index (χ1n) is 12.8. The Balaban J connectivity index is 0.00000193. The first-order chi connectivity index (χ1) is 15.2. The Morgan fingerprint density at radius 3 is 1.62 bits per heavy atom. The molecule has 0 saturated heterocycles. The zero-order valence-corrected chi connectivity index (χ0v) is 24.2. The monoisotopic (exact) mass is 570 g/mol. The molecular weight excluding hydrogens is 528 g/mol. The molecule has 4 N–H and O–H groups in total. The van der Waals surface area contributed by atoms with Crippen LogP contribution in [-0.2, 0) is 30.2 Å². The maximum absolute atomic E-state index is 5.07. The maximum atomic E-state index is 5.07. The topological polar surface area (TPSA) is 61.0 Å². The molecule has 5 nitrogen and oxygen atoms in total. The van der Waals surface area contributed by atoms with Gasteiger partial charge < -0.3 is 46.1 Å². The predicted octanol–water partition coefficient (Wildman–Crippen LogP) is -2.03. The molecule has 4 rings (SSSR count). The van der Waals surface area contributed by atoms with Gasteiger partial charge in [0.15, 0.2) is 0 Å². The number of pyridine rings is 1. The van der Waals surface area contributed by atoms with Gasteiger partial charge in [0, 0.05) is 60.5 Å². The van der Waals surface area contributed by atoms with Gasteiger partial charge in [0.1, 0.15) is 0 Å². The number of halogens is 2. The third kappa shape index (κ3) is 9.72. The molecule has 3 aliphatic rings. The van der Waals surface area contributed by atoms with Gasteiger partial charge in [-0.1, -0.05) is 39.5 Å². The number of hydrogen-bond donors (Lipinski definition) is 4. The quantitative estimate of drug-likeness (QED) is 0.248. The van der Waals surface area contributed by atoms with E-state index in [4.69, 9.17) is 4.98 Å². The molecule has 1 unspecified atom stereocenters. The Morgan fingerprint density at radius 1 is 0.794 bits per heavy atom. The van der Waals surface area contributed by atoms with E-state index in [1.54, 1.807) is 0 Å². The van der Waals surface area contributed by atoms with Crippen LogP contribution in [0.15, 0.2) is 17.0 Å². The Bertz CT molecular complexity index is 653. The van der Waals surface area contributed by atoms with Crippen molar-refractivity contribution in [1.82, 2.24) is 26.3 Å². The number of nitrogens with zero attached hydrogens (tertiary/aromatic N) is 1. The van der Waals surface area contributed by atoms with E-state index >= 15 is 0 Å². The van der Waals surface area contributed by atoms with Crippen LogP contribution in [0.2, 0.25) is 0 Å². The number of thioether (sulfide) groups is 1. The molecule has 1 aliphatic heterocycles. The third-order valence-electron chi connectivity index (χ3n) is 7.38. The Hall–Kier alpha value is 0.439. The molecule has 34 heavy (non-hydrogen) atoms. The molecule has 0 amide bonds. The smallest absolute Gasteiger partial charge is 1.00 e. The fourth-order valence-corrected chi connectivity index (χ4v) is 6.45. The van der Waals surface area contributed by atoms with Crippen LogP contribution < -0.4 is 46.1 Å². The van der Waals surface area contributed by atoms with Gasteiger partial charge >= 0.3 is 17.1 Å². The Labute approximate surface area is 234 Å². The number of aromatic nitrogens is 1. The molecule has 0 spiro atoms. The number of rotatable bonds is 3. The standard InChI is InChI=1S/C25H43N5S.2ClH.Mn/c1-3-18(2)31-21-14-19-16-28-24-10-6-4-8-22(24)26-12-13-27-23-9-5-7-11-25(23)29-17-20(15-21)30-19;;;/h14-15,18,22-29H,3-13,16-17H2,1-2H3;2*1H;/q;;;+2/p-2/t18?,22-,23-,24-,25-;;;/m1.../s1. The zero-order chi connectivity index (χ0) is 21.5. The normalized spacial score (nSPS) is 28.8. The molecule has 2 heterocycles. The second-order valence-corrected chi connectivity index (χ2v) is 11.3. The van der Waals surface area contributed by atoms with Crippen LogP contribution in [0.5, 0.6) is 0 Å². The summed E-state index contributed by atoms with van der Waals surface area (Å²) in [6, 6.07) is 6.91. The Morgan fingerprint density at radius 2 is 1.21 bits per heavy atom. The van der Waals surface area contributed by atoms with Crippen LogP contribution in [-0.4, -0.2) is 47.5 Å². The van der Waals surface area contributed by atoms with Crippen LogP contribution in [0.1, 0.15) is 83.0 Å². The first-order valence-corrected chi connectivity index (χ1v) is 13.7. The van der Waals surface area contributed by atoms with E-state index in [9.17, 15) is 0 Å². The van der Waals surface area contributed by atoms with Gasteiger partial charge in [-0.3, -0.25) is 4.98 Å². The minimum Gasteiger partial charge on any atom is -1.00 e. The van der Waals surface area contributed by atoms with E-state index in [1.165, 1.54) is 74.1 Å². The molecule has 2 bridgehead atoms. The van der Waals surface area contributed by atoms with Crippen LogP contribution >= 0.6 is 11.8 Å². The van der Waals surface area contributed by atoms with Gasteiger partial charge in [-0.2, -0.15) is 0 Å². The summed E-state index contributed by atoms with van der Waals surface area (Å²) in [4.78, 5) is 6.45. The fourth-order valence-electron chi connectivity index (χ4n) is 5.41. The van der Waals surface area contributed by atoms with Crippen LogP contribution in [0.3, 0.4) is 0 Å². The van der Waals surface area contributed by atoms with Crippen molar-refractivity contribution in [2.24, 2.45) is 0 Å². The molecule has 2 saturated carbocycles. The van der Waals surface area contributed by atoms with Gasteiger partial charge in [-0.15, -0.1) is 11.8 Å². The summed E-state index contributed by atoms with van der Waals surface area (Å²) >= 11 is 1.99. The zero-order valence-electron chi connectivity index (χ0n) is 20.7. The van der Waals surface area contributed by atoms with Gasteiger partial charge in [0.05, 0.1) is 11.4 Å². The molecular formula is C25H43Cl2MnN5S. The minimum absolute atomic E-state index is 0. The summed E-state index contributed by atoms with van der Waals surface area (Å²) in [5.74, 6) is 0. The van der Waals surface area contributed by atoms with Crippen LogP contribution in [0, 0.1) is 0 Å². The summed E-state index contributed by atoms with van der Waals surface area (Å²) < 4.78 is 0. The molecule has 195 valence electrons. The number of hydrogen-bond acceptors (Lipinski definition) is 6. The largest absolute Gasteiger partial charge is 2.00 e. The fraction of sp³-hybridized carbons (Fsp3) is 0.800. The van der Waals surface area contributed by atoms with Crippen LogP contribution in [0.25, 0.3) is 0 Å². The third-order valence-corrected chi connectivity index (χ3v) is 8.62. The maximum Gasteiger partial charge on any atom is 2.00 e. The predicted molar refractivity (Wildman–Crippen MR) is 132 cm³/mol. The summed E-state index contributed by atoms with van der Waals surface area (Å²) in [5, 5.41) is 16.1. The SMILES string of the molecule is CCC(C)Sc1cc2nc(c1)CN[C@@H]1CCCC[C@H]1NCCN[C@@H]1CCCC[C@H]1NC2.[Cl-].[Cl-].[Mn+2]. The first kappa shape index (κ1) is 32.5. The van der Waals surface area contributed by atoms with Gasteiger partial charge in [-0.05, 0) is 44.2 Å². The molecule has 5 atom stereocenters. The van der Waals surface area contributed by atoms with E-state index < -0.39 is 0 Å². The average Bonchev–Trinajstić information content (AvgIpc) is 2.80.